The summed E-state index contributed by atoms with van der Waals surface area (Å²) >= 11 is 11.8. The molecule has 20 heavy (non-hydrogen) atoms. The van der Waals surface area contributed by atoms with Crippen molar-refractivity contribution in [1.82, 2.24) is 4.31 Å². The van der Waals surface area contributed by atoms with Crippen LogP contribution in [0.2, 0.25) is 5.02 Å². The standard InChI is InChI=1S/C14H19Cl2NO2S/c1-10-5-6-17(9-11(10)2)20(18,19)13-4-3-12(8-15)14(16)7-13/h3-4,7,10-11H,5-6,8-9H2,1-2H3. The molecule has 0 spiro atoms. The van der Waals surface area contributed by atoms with E-state index in [0.29, 0.717) is 29.9 Å². The highest BCUT2D eigenvalue weighted by atomic mass is 35.5. The predicted octanol–water partition coefficient (Wildman–Crippen LogP) is 3.75. The van der Waals surface area contributed by atoms with Gasteiger partial charge < -0.3 is 0 Å². The van der Waals surface area contributed by atoms with Crippen molar-refractivity contribution in [1.29, 1.82) is 0 Å². The minimum Gasteiger partial charge on any atom is -0.207 e. The second-order valence-electron chi connectivity index (χ2n) is 5.49. The van der Waals surface area contributed by atoms with Gasteiger partial charge in [-0.05, 0) is 36.0 Å². The summed E-state index contributed by atoms with van der Waals surface area (Å²) < 4.78 is 26.8. The zero-order valence-corrected chi connectivity index (χ0v) is 14.0. The SMILES string of the molecule is CC1CCN(S(=O)(=O)c2ccc(CCl)c(Cl)c2)CC1C. The minimum absolute atomic E-state index is 0.248. The molecule has 3 nitrogen and oxygen atoms in total. The summed E-state index contributed by atoms with van der Waals surface area (Å²) in [7, 11) is -3.46. The Morgan fingerprint density at radius 1 is 1.30 bits per heavy atom. The maximum absolute atomic E-state index is 12.6. The lowest BCUT2D eigenvalue weighted by atomic mass is 9.90. The summed E-state index contributed by atoms with van der Waals surface area (Å²) in [5, 5.41) is 0.402. The van der Waals surface area contributed by atoms with Gasteiger partial charge in [0.25, 0.3) is 0 Å². The zero-order chi connectivity index (χ0) is 14.9. The van der Waals surface area contributed by atoms with Crippen LogP contribution in [0.5, 0.6) is 0 Å². The van der Waals surface area contributed by atoms with Crippen LogP contribution in [-0.4, -0.2) is 25.8 Å². The van der Waals surface area contributed by atoms with E-state index in [1.54, 1.807) is 16.4 Å². The van der Waals surface area contributed by atoms with Crippen molar-refractivity contribution in [3.63, 3.8) is 0 Å². The quantitative estimate of drug-likeness (QED) is 0.789. The largest absolute Gasteiger partial charge is 0.243 e. The van der Waals surface area contributed by atoms with Gasteiger partial charge in [0, 0.05) is 24.0 Å². The minimum atomic E-state index is -3.46. The molecule has 0 amide bonds. The number of alkyl halides is 1. The van der Waals surface area contributed by atoms with Gasteiger partial charge in [-0.25, -0.2) is 8.42 Å². The number of rotatable bonds is 3. The topological polar surface area (TPSA) is 37.4 Å². The van der Waals surface area contributed by atoms with Gasteiger partial charge in [-0.1, -0.05) is 31.5 Å². The van der Waals surface area contributed by atoms with Crippen molar-refractivity contribution in [3.05, 3.63) is 28.8 Å². The molecule has 1 saturated heterocycles. The van der Waals surface area contributed by atoms with Crippen molar-refractivity contribution < 1.29 is 8.42 Å². The average Bonchev–Trinajstić information content (AvgIpc) is 2.41. The first-order chi connectivity index (χ1) is 9.36. The highest BCUT2D eigenvalue weighted by Crippen LogP contribution is 2.29. The smallest absolute Gasteiger partial charge is 0.207 e. The lowest BCUT2D eigenvalue weighted by molar-refractivity contribution is 0.212. The number of benzene rings is 1. The summed E-state index contributed by atoms with van der Waals surface area (Å²) in [6.07, 6.45) is 0.897. The van der Waals surface area contributed by atoms with Gasteiger partial charge in [0.2, 0.25) is 10.0 Å². The normalized spacial score (nSPS) is 24.8. The van der Waals surface area contributed by atoms with Crippen molar-refractivity contribution in [2.75, 3.05) is 13.1 Å². The van der Waals surface area contributed by atoms with Crippen LogP contribution in [0.4, 0.5) is 0 Å². The summed E-state index contributed by atoms with van der Waals surface area (Å²) in [6, 6.07) is 4.76. The third kappa shape index (κ3) is 3.14. The molecule has 0 saturated carbocycles. The van der Waals surface area contributed by atoms with Crippen LogP contribution < -0.4 is 0 Å². The first kappa shape index (κ1) is 16.1. The third-order valence-corrected chi connectivity index (χ3v) is 6.60. The van der Waals surface area contributed by atoms with Gasteiger partial charge in [0.1, 0.15) is 0 Å². The van der Waals surface area contributed by atoms with Crippen molar-refractivity contribution in [3.8, 4) is 0 Å². The number of sulfonamides is 1. The molecule has 0 aromatic heterocycles. The maximum atomic E-state index is 12.6. The summed E-state index contributed by atoms with van der Waals surface area (Å²) in [6.45, 7) is 5.40. The predicted molar refractivity (Wildman–Crippen MR) is 82.7 cm³/mol. The first-order valence-corrected chi connectivity index (χ1v) is 9.06. The van der Waals surface area contributed by atoms with Crippen LogP contribution in [0.1, 0.15) is 25.8 Å². The first-order valence-electron chi connectivity index (χ1n) is 6.70. The molecule has 2 atom stereocenters. The van der Waals surface area contributed by atoms with Crippen molar-refractivity contribution in [2.24, 2.45) is 11.8 Å². The zero-order valence-electron chi connectivity index (χ0n) is 11.6. The molecule has 1 aliphatic heterocycles. The fraction of sp³-hybridized carbons (Fsp3) is 0.571. The maximum Gasteiger partial charge on any atom is 0.243 e. The Hall–Kier alpha value is -0.290. The summed E-state index contributed by atoms with van der Waals surface area (Å²) in [5.41, 5.74) is 0.743. The highest BCUT2D eigenvalue weighted by Gasteiger charge is 2.31. The Labute approximate surface area is 130 Å². The van der Waals surface area contributed by atoms with Crippen LogP contribution in [0.25, 0.3) is 0 Å². The Kier molecular flexibility index (Phi) is 5.00. The number of hydrogen-bond acceptors (Lipinski definition) is 2. The number of piperidine rings is 1. The van der Waals surface area contributed by atoms with Gasteiger partial charge in [-0.15, -0.1) is 11.6 Å². The van der Waals surface area contributed by atoms with Gasteiger partial charge in [0.05, 0.1) is 4.90 Å². The Morgan fingerprint density at radius 3 is 2.55 bits per heavy atom. The molecular weight excluding hydrogens is 317 g/mol. The number of halogens is 2. The van der Waals surface area contributed by atoms with Crippen LogP contribution in [-0.2, 0) is 15.9 Å². The molecule has 1 fully saturated rings. The van der Waals surface area contributed by atoms with E-state index in [1.165, 1.54) is 6.07 Å². The van der Waals surface area contributed by atoms with Crippen LogP contribution in [0.3, 0.4) is 0 Å². The van der Waals surface area contributed by atoms with E-state index < -0.39 is 10.0 Å². The lowest BCUT2D eigenvalue weighted by Gasteiger charge is -2.34. The van der Waals surface area contributed by atoms with Crippen molar-refractivity contribution >= 4 is 33.2 Å². The van der Waals surface area contributed by atoms with E-state index in [-0.39, 0.29) is 10.8 Å². The molecule has 0 N–H and O–H groups in total. The van der Waals surface area contributed by atoms with Crippen LogP contribution >= 0.6 is 23.2 Å². The molecule has 1 heterocycles. The van der Waals surface area contributed by atoms with E-state index >= 15 is 0 Å². The molecule has 6 heteroatoms. The second-order valence-corrected chi connectivity index (χ2v) is 8.11. The number of nitrogens with zero attached hydrogens (tertiary/aromatic N) is 1. The van der Waals surface area contributed by atoms with Gasteiger partial charge in [-0.3, -0.25) is 0 Å². The molecule has 2 rings (SSSR count). The van der Waals surface area contributed by atoms with E-state index in [4.69, 9.17) is 23.2 Å². The molecule has 1 aromatic rings. The van der Waals surface area contributed by atoms with Gasteiger partial charge >= 0.3 is 0 Å². The van der Waals surface area contributed by atoms with E-state index in [1.807, 2.05) is 0 Å². The van der Waals surface area contributed by atoms with E-state index in [2.05, 4.69) is 13.8 Å². The molecule has 1 aliphatic rings. The van der Waals surface area contributed by atoms with Crippen molar-refractivity contribution in [2.45, 2.75) is 31.0 Å². The van der Waals surface area contributed by atoms with E-state index in [9.17, 15) is 8.42 Å². The molecule has 0 radical (unpaired) electrons. The molecule has 0 aliphatic carbocycles. The average molecular weight is 336 g/mol. The second kappa shape index (κ2) is 6.22. The Balaban J connectivity index is 2.29. The molecule has 1 aromatic carbocycles. The Bertz CT molecular complexity index is 589. The fourth-order valence-corrected chi connectivity index (χ4v) is 4.58. The van der Waals surface area contributed by atoms with E-state index in [0.717, 1.165) is 12.0 Å². The van der Waals surface area contributed by atoms with Gasteiger partial charge in [0.15, 0.2) is 0 Å². The van der Waals surface area contributed by atoms with Crippen LogP contribution in [0.15, 0.2) is 23.1 Å². The Morgan fingerprint density at radius 2 is 2.00 bits per heavy atom. The van der Waals surface area contributed by atoms with Crippen LogP contribution in [0, 0.1) is 11.8 Å². The highest BCUT2D eigenvalue weighted by molar-refractivity contribution is 7.89. The molecular formula is C14H19Cl2NO2S. The van der Waals surface area contributed by atoms with Gasteiger partial charge in [-0.2, -0.15) is 4.31 Å². The lowest BCUT2D eigenvalue weighted by Crippen LogP contribution is -2.42. The molecule has 2 unspecified atom stereocenters. The number of hydrogen-bond donors (Lipinski definition) is 0. The monoisotopic (exact) mass is 335 g/mol. The summed E-state index contributed by atoms with van der Waals surface area (Å²) in [5.74, 6) is 1.21. The third-order valence-electron chi connectivity index (χ3n) is 4.10. The molecule has 112 valence electrons. The fourth-order valence-electron chi connectivity index (χ4n) is 2.39. The molecule has 0 bridgehead atoms. The summed E-state index contributed by atoms with van der Waals surface area (Å²) in [4.78, 5) is 0.248.